The minimum atomic E-state index is 0.115. The Morgan fingerprint density at radius 1 is 1.50 bits per heavy atom. The average Bonchev–Trinajstić information content (AvgIpc) is 2.31. The summed E-state index contributed by atoms with van der Waals surface area (Å²) in [6.45, 7) is 4.20. The molecule has 0 aliphatic carbocycles. The number of pyridine rings is 1. The maximum Gasteiger partial charge on any atom is 0.227 e. The van der Waals surface area contributed by atoms with Gasteiger partial charge >= 0.3 is 0 Å². The van der Waals surface area contributed by atoms with Gasteiger partial charge in [-0.2, -0.15) is 0 Å². The fourth-order valence-corrected chi connectivity index (χ4v) is 1.65. The predicted molar refractivity (Wildman–Crippen MR) is 66.2 cm³/mol. The highest BCUT2D eigenvalue weighted by Crippen LogP contribution is 2.15. The van der Waals surface area contributed by atoms with Crippen LogP contribution >= 0.6 is 0 Å². The maximum atomic E-state index is 11.9. The lowest BCUT2D eigenvalue weighted by atomic mass is 9.98. The van der Waals surface area contributed by atoms with Gasteiger partial charge in [0.25, 0.3) is 0 Å². The summed E-state index contributed by atoms with van der Waals surface area (Å²) in [4.78, 5) is 15.9. The zero-order chi connectivity index (χ0) is 11.8. The van der Waals surface area contributed by atoms with Crippen LogP contribution in [-0.2, 0) is 4.79 Å². The van der Waals surface area contributed by atoms with E-state index in [2.05, 4.69) is 24.1 Å². The van der Waals surface area contributed by atoms with Crippen LogP contribution in [0.1, 0.15) is 39.5 Å². The lowest BCUT2D eigenvalue weighted by molar-refractivity contribution is -0.120. The molecule has 1 heterocycles. The van der Waals surface area contributed by atoms with Crippen molar-refractivity contribution in [2.45, 2.75) is 39.5 Å². The number of carbonyl (C=O) groups is 1. The molecule has 88 valence electrons. The largest absolute Gasteiger partial charge is 0.324 e. The summed E-state index contributed by atoms with van der Waals surface area (Å²) in [7, 11) is 0. The minimum absolute atomic E-state index is 0.115. The normalized spacial score (nSPS) is 12.1. The topological polar surface area (TPSA) is 42.0 Å². The highest BCUT2D eigenvalue weighted by atomic mass is 16.1. The van der Waals surface area contributed by atoms with Gasteiger partial charge in [-0.05, 0) is 25.0 Å². The molecule has 0 bridgehead atoms. The first-order chi connectivity index (χ1) is 7.77. The van der Waals surface area contributed by atoms with Crippen molar-refractivity contribution in [3.8, 4) is 0 Å². The van der Waals surface area contributed by atoms with Crippen LogP contribution in [-0.4, -0.2) is 10.9 Å². The number of anilines is 1. The SMILES string of the molecule is CCCC[C@H](CC)C(=O)Nc1cccnc1. The Hall–Kier alpha value is -1.38. The molecule has 16 heavy (non-hydrogen) atoms. The first-order valence-electron chi connectivity index (χ1n) is 5.98. The average molecular weight is 220 g/mol. The van der Waals surface area contributed by atoms with Crippen molar-refractivity contribution >= 4 is 11.6 Å². The van der Waals surface area contributed by atoms with Crippen molar-refractivity contribution < 1.29 is 4.79 Å². The zero-order valence-electron chi connectivity index (χ0n) is 10.1. The number of aromatic nitrogens is 1. The molecule has 0 aliphatic heterocycles. The van der Waals surface area contributed by atoms with Gasteiger partial charge in [-0.1, -0.05) is 26.7 Å². The van der Waals surface area contributed by atoms with E-state index in [4.69, 9.17) is 0 Å². The third-order valence-corrected chi connectivity index (χ3v) is 2.70. The Morgan fingerprint density at radius 2 is 2.31 bits per heavy atom. The van der Waals surface area contributed by atoms with Gasteiger partial charge in [-0.15, -0.1) is 0 Å². The molecule has 0 spiro atoms. The van der Waals surface area contributed by atoms with Crippen LogP contribution in [0.2, 0.25) is 0 Å². The number of amides is 1. The molecule has 3 nitrogen and oxygen atoms in total. The molecule has 0 aromatic carbocycles. The zero-order valence-corrected chi connectivity index (χ0v) is 10.1. The molecule has 3 heteroatoms. The number of nitrogens with one attached hydrogen (secondary N) is 1. The number of unbranched alkanes of at least 4 members (excludes halogenated alkanes) is 1. The lowest BCUT2D eigenvalue weighted by Crippen LogP contribution is -2.22. The van der Waals surface area contributed by atoms with Gasteiger partial charge in [0.15, 0.2) is 0 Å². The Labute approximate surface area is 97.3 Å². The third-order valence-electron chi connectivity index (χ3n) is 2.70. The fraction of sp³-hybridized carbons (Fsp3) is 0.538. The summed E-state index contributed by atoms with van der Waals surface area (Å²) in [5, 5.41) is 2.90. The standard InChI is InChI=1S/C13H20N2O/c1-3-5-7-11(4-2)13(16)15-12-8-6-9-14-10-12/h6,8-11H,3-5,7H2,1-2H3,(H,15,16)/t11-/m0/s1. The number of rotatable bonds is 6. The monoisotopic (exact) mass is 220 g/mol. The number of hydrogen-bond donors (Lipinski definition) is 1. The van der Waals surface area contributed by atoms with Gasteiger partial charge in [0, 0.05) is 12.1 Å². The lowest BCUT2D eigenvalue weighted by Gasteiger charge is -2.14. The molecule has 1 N–H and O–H groups in total. The highest BCUT2D eigenvalue weighted by Gasteiger charge is 2.15. The highest BCUT2D eigenvalue weighted by molar-refractivity contribution is 5.92. The van der Waals surface area contributed by atoms with Crippen LogP contribution in [0.4, 0.5) is 5.69 Å². The van der Waals surface area contributed by atoms with Crippen LogP contribution in [0.3, 0.4) is 0 Å². The summed E-state index contributed by atoms with van der Waals surface area (Å²) in [6.07, 6.45) is 7.48. The van der Waals surface area contributed by atoms with E-state index in [9.17, 15) is 4.79 Å². The van der Waals surface area contributed by atoms with Crippen molar-refractivity contribution in [1.29, 1.82) is 0 Å². The molecule has 0 radical (unpaired) electrons. The molecule has 1 aromatic rings. The summed E-state index contributed by atoms with van der Waals surface area (Å²) in [6, 6.07) is 3.68. The Bertz CT molecular complexity index is 311. The van der Waals surface area contributed by atoms with Crippen molar-refractivity contribution in [2.24, 2.45) is 5.92 Å². The van der Waals surface area contributed by atoms with Crippen LogP contribution in [0.15, 0.2) is 24.5 Å². The summed E-state index contributed by atoms with van der Waals surface area (Å²) >= 11 is 0. The molecule has 1 amide bonds. The molecular weight excluding hydrogens is 200 g/mol. The van der Waals surface area contributed by atoms with Gasteiger partial charge in [0.1, 0.15) is 0 Å². The van der Waals surface area contributed by atoms with Crippen molar-refractivity contribution in [2.75, 3.05) is 5.32 Å². The second-order valence-electron chi connectivity index (χ2n) is 3.98. The van der Waals surface area contributed by atoms with Crippen LogP contribution < -0.4 is 5.32 Å². The molecule has 1 atom stereocenters. The molecule has 0 saturated heterocycles. The van der Waals surface area contributed by atoms with Gasteiger partial charge in [0.05, 0.1) is 11.9 Å². The van der Waals surface area contributed by atoms with Crippen LogP contribution in [0.25, 0.3) is 0 Å². The summed E-state index contributed by atoms with van der Waals surface area (Å²) in [5.74, 6) is 0.240. The van der Waals surface area contributed by atoms with Gasteiger partial charge < -0.3 is 5.32 Å². The Balaban J connectivity index is 2.49. The van der Waals surface area contributed by atoms with Crippen LogP contribution in [0, 0.1) is 5.92 Å². The van der Waals surface area contributed by atoms with E-state index >= 15 is 0 Å². The van der Waals surface area contributed by atoms with Gasteiger partial charge in [0.2, 0.25) is 5.91 Å². The quantitative estimate of drug-likeness (QED) is 0.799. The first kappa shape index (κ1) is 12.7. The summed E-state index contributed by atoms with van der Waals surface area (Å²) < 4.78 is 0. The van der Waals surface area contributed by atoms with E-state index in [1.807, 2.05) is 12.1 Å². The van der Waals surface area contributed by atoms with Crippen LogP contribution in [0.5, 0.6) is 0 Å². The Kier molecular flexibility index (Phi) is 5.54. The molecule has 1 rings (SSSR count). The molecular formula is C13H20N2O. The molecule has 0 unspecified atom stereocenters. The second kappa shape index (κ2) is 6.99. The Morgan fingerprint density at radius 3 is 2.88 bits per heavy atom. The summed E-state index contributed by atoms with van der Waals surface area (Å²) in [5.41, 5.74) is 0.780. The van der Waals surface area contributed by atoms with Crippen molar-refractivity contribution in [3.63, 3.8) is 0 Å². The second-order valence-corrected chi connectivity index (χ2v) is 3.98. The smallest absolute Gasteiger partial charge is 0.227 e. The molecule has 0 fully saturated rings. The molecule has 0 saturated carbocycles. The minimum Gasteiger partial charge on any atom is -0.324 e. The number of carbonyl (C=O) groups excluding carboxylic acids is 1. The van der Waals surface area contributed by atoms with E-state index in [0.717, 1.165) is 31.4 Å². The molecule has 1 aromatic heterocycles. The van der Waals surface area contributed by atoms with Gasteiger partial charge in [-0.3, -0.25) is 9.78 Å². The van der Waals surface area contributed by atoms with E-state index in [1.165, 1.54) is 0 Å². The van der Waals surface area contributed by atoms with E-state index in [0.29, 0.717) is 0 Å². The van der Waals surface area contributed by atoms with E-state index < -0.39 is 0 Å². The van der Waals surface area contributed by atoms with Crippen molar-refractivity contribution in [3.05, 3.63) is 24.5 Å². The molecule has 0 aliphatic rings. The third kappa shape index (κ3) is 4.01. The predicted octanol–water partition coefficient (Wildman–Crippen LogP) is 3.24. The van der Waals surface area contributed by atoms with E-state index in [1.54, 1.807) is 12.4 Å². The van der Waals surface area contributed by atoms with E-state index in [-0.39, 0.29) is 11.8 Å². The first-order valence-corrected chi connectivity index (χ1v) is 5.98. The fourth-order valence-electron chi connectivity index (χ4n) is 1.65. The number of nitrogens with zero attached hydrogens (tertiary/aromatic N) is 1. The van der Waals surface area contributed by atoms with Crippen molar-refractivity contribution in [1.82, 2.24) is 4.98 Å². The van der Waals surface area contributed by atoms with Gasteiger partial charge in [-0.25, -0.2) is 0 Å². The maximum absolute atomic E-state index is 11.9. The number of hydrogen-bond acceptors (Lipinski definition) is 2.